The van der Waals surface area contributed by atoms with Crippen molar-refractivity contribution >= 4 is 11.7 Å². The molecule has 0 saturated carbocycles. The number of piperidine rings is 1. The normalized spacial score (nSPS) is 16.6. The smallest absolute Gasteiger partial charge is 0.309 e. The average Bonchev–Trinajstić information content (AvgIpc) is 2.49. The van der Waals surface area contributed by atoms with Gasteiger partial charge in [-0.15, -0.1) is 0 Å². The fraction of sp³-hybridized carbons (Fsp3) is 0.533. The van der Waals surface area contributed by atoms with Crippen LogP contribution in [0.5, 0.6) is 0 Å². The van der Waals surface area contributed by atoms with Crippen molar-refractivity contribution in [2.45, 2.75) is 26.3 Å². The molecule has 1 aliphatic rings. The molecule has 0 aromatic heterocycles. The Morgan fingerprint density at radius 1 is 1.33 bits per heavy atom. The van der Waals surface area contributed by atoms with E-state index in [1.807, 2.05) is 6.92 Å². The van der Waals surface area contributed by atoms with Crippen LogP contribution in [0.4, 0.5) is 5.69 Å². The topological polar surface area (TPSA) is 72.7 Å². The van der Waals surface area contributed by atoms with E-state index in [9.17, 15) is 14.9 Å². The van der Waals surface area contributed by atoms with Gasteiger partial charge in [-0.1, -0.05) is 12.1 Å². The lowest BCUT2D eigenvalue weighted by atomic mass is 9.96. The predicted octanol–water partition coefficient (Wildman–Crippen LogP) is 2.37. The Morgan fingerprint density at radius 2 is 1.95 bits per heavy atom. The molecule has 0 bridgehead atoms. The maximum Gasteiger partial charge on any atom is 0.309 e. The second kappa shape index (κ2) is 7.17. The van der Waals surface area contributed by atoms with Crippen LogP contribution in [0.2, 0.25) is 0 Å². The van der Waals surface area contributed by atoms with Crippen molar-refractivity contribution in [1.29, 1.82) is 0 Å². The molecule has 1 fully saturated rings. The first-order valence-electron chi connectivity index (χ1n) is 7.22. The van der Waals surface area contributed by atoms with Gasteiger partial charge in [0, 0.05) is 18.7 Å². The fourth-order valence-corrected chi connectivity index (χ4v) is 2.57. The van der Waals surface area contributed by atoms with E-state index in [4.69, 9.17) is 4.74 Å². The molecule has 6 heteroatoms. The number of likely N-dealkylation sites (tertiary alicyclic amines) is 1. The number of benzene rings is 1. The van der Waals surface area contributed by atoms with Gasteiger partial charge < -0.3 is 4.74 Å². The molecule has 1 saturated heterocycles. The highest BCUT2D eigenvalue weighted by atomic mass is 16.6. The SMILES string of the molecule is CCOC(=O)C1CCN(Cc2ccc([N+](=O)[O-])cc2)CC1. The van der Waals surface area contributed by atoms with Crippen molar-refractivity contribution in [3.05, 3.63) is 39.9 Å². The van der Waals surface area contributed by atoms with Crippen LogP contribution in [-0.4, -0.2) is 35.5 Å². The van der Waals surface area contributed by atoms with Crippen LogP contribution >= 0.6 is 0 Å². The summed E-state index contributed by atoms with van der Waals surface area (Å²) in [6, 6.07) is 6.63. The maximum absolute atomic E-state index is 11.7. The largest absolute Gasteiger partial charge is 0.466 e. The van der Waals surface area contributed by atoms with Crippen molar-refractivity contribution in [1.82, 2.24) is 4.90 Å². The lowest BCUT2D eigenvalue weighted by Gasteiger charge is -2.30. The Labute approximate surface area is 123 Å². The third-order valence-corrected chi connectivity index (χ3v) is 3.76. The molecule has 0 aliphatic carbocycles. The van der Waals surface area contributed by atoms with Crippen LogP contribution in [0, 0.1) is 16.0 Å². The van der Waals surface area contributed by atoms with Crippen molar-refractivity contribution in [2.75, 3.05) is 19.7 Å². The summed E-state index contributed by atoms with van der Waals surface area (Å²) in [6.45, 7) is 4.71. The first-order valence-corrected chi connectivity index (χ1v) is 7.22. The second-order valence-electron chi connectivity index (χ2n) is 5.23. The van der Waals surface area contributed by atoms with E-state index >= 15 is 0 Å². The van der Waals surface area contributed by atoms with Crippen molar-refractivity contribution in [3.8, 4) is 0 Å². The molecule has 0 amide bonds. The van der Waals surface area contributed by atoms with Crippen molar-refractivity contribution in [3.63, 3.8) is 0 Å². The van der Waals surface area contributed by atoms with Crippen molar-refractivity contribution in [2.24, 2.45) is 5.92 Å². The van der Waals surface area contributed by atoms with E-state index < -0.39 is 4.92 Å². The van der Waals surface area contributed by atoms with Crippen molar-refractivity contribution < 1.29 is 14.5 Å². The number of hydrogen-bond donors (Lipinski definition) is 0. The molecule has 1 aromatic carbocycles. The molecule has 2 rings (SSSR count). The summed E-state index contributed by atoms with van der Waals surface area (Å²) in [7, 11) is 0. The van der Waals surface area contributed by atoms with E-state index in [1.165, 1.54) is 12.1 Å². The summed E-state index contributed by atoms with van der Waals surface area (Å²) >= 11 is 0. The maximum atomic E-state index is 11.7. The number of esters is 1. The van der Waals surface area contributed by atoms with E-state index in [0.29, 0.717) is 6.61 Å². The van der Waals surface area contributed by atoms with Gasteiger partial charge in [0.15, 0.2) is 0 Å². The first-order chi connectivity index (χ1) is 10.1. The highest BCUT2D eigenvalue weighted by Crippen LogP contribution is 2.21. The number of nitro groups is 1. The molecule has 0 radical (unpaired) electrons. The minimum absolute atomic E-state index is 0.0121. The van der Waals surface area contributed by atoms with Crippen LogP contribution in [0.15, 0.2) is 24.3 Å². The molecule has 0 atom stereocenters. The number of rotatable bonds is 5. The molecular weight excluding hydrogens is 272 g/mol. The Morgan fingerprint density at radius 3 is 2.48 bits per heavy atom. The Kier molecular flexibility index (Phi) is 5.27. The zero-order valence-electron chi connectivity index (χ0n) is 12.2. The zero-order chi connectivity index (χ0) is 15.2. The van der Waals surface area contributed by atoms with Gasteiger partial charge in [0.25, 0.3) is 5.69 Å². The third-order valence-electron chi connectivity index (χ3n) is 3.76. The lowest BCUT2D eigenvalue weighted by molar-refractivity contribution is -0.384. The zero-order valence-corrected chi connectivity index (χ0v) is 12.2. The summed E-state index contributed by atoms with van der Waals surface area (Å²) in [6.07, 6.45) is 1.62. The molecule has 0 spiro atoms. The quantitative estimate of drug-likeness (QED) is 0.473. The lowest BCUT2D eigenvalue weighted by Crippen LogP contribution is -2.36. The van der Waals surface area contributed by atoms with Crippen LogP contribution in [-0.2, 0) is 16.1 Å². The van der Waals surface area contributed by atoms with Gasteiger partial charge in [0.1, 0.15) is 0 Å². The molecule has 21 heavy (non-hydrogen) atoms. The van der Waals surface area contributed by atoms with Gasteiger partial charge in [0.2, 0.25) is 0 Å². The number of ether oxygens (including phenoxy) is 1. The molecule has 6 nitrogen and oxygen atoms in total. The van der Waals surface area contributed by atoms with Crippen LogP contribution < -0.4 is 0 Å². The molecule has 1 aliphatic heterocycles. The summed E-state index contributed by atoms with van der Waals surface area (Å²) < 4.78 is 5.05. The summed E-state index contributed by atoms with van der Waals surface area (Å²) in [5, 5.41) is 10.6. The molecule has 1 aromatic rings. The van der Waals surface area contributed by atoms with Gasteiger partial charge in [0.05, 0.1) is 17.4 Å². The van der Waals surface area contributed by atoms with Gasteiger partial charge in [-0.2, -0.15) is 0 Å². The predicted molar refractivity (Wildman–Crippen MR) is 77.7 cm³/mol. The van der Waals surface area contributed by atoms with Gasteiger partial charge >= 0.3 is 5.97 Å². The number of nitro benzene ring substituents is 1. The van der Waals surface area contributed by atoms with Crippen LogP contribution in [0.25, 0.3) is 0 Å². The molecule has 0 unspecified atom stereocenters. The van der Waals surface area contributed by atoms with E-state index in [-0.39, 0.29) is 17.6 Å². The average molecular weight is 292 g/mol. The minimum atomic E-state index is -0.394. The number of carbonyl (C=O) groups excluding carboxylic acids is 1. The van der Waals surface area contributed by atoms with Gasteiger partial charge in [-0.25, -0.2) is 0 Å². The number of carbonyl (C=O) groups is 1. The van der Waals surface area contributed by atoms with Crippen LogP contribution in [0.1, 0.15) is 25.3 Å². The Balaban J connectivity index is 1.83. The van der Waals surface area contributed by atoms with E-state index in [0.717, 1.165) is 38.0 Å². The number of hydrogen-bond acceptors (Lipinski definition) is 5. The second-order valence-corrected chi connectivity index (χ2v) is 5.23. The monoisotopic (exact) mass is 292 g/mol. The summed E-state index contributed by atoms with van der Waals surface area (Å²) in [5.74, 6) is -0.0782. The molecule has 114 valence electrons. The number of nitrogens with zero attached hydrogens (tertiary/aromatic N) is 2. The highest BCUT2D eigenvalue weighted by Gasteiger charge is 2.25. The summed E-state index contributed by atoms with van der Waals surface area (Å²) in [4.78, 5) is 24.1. The van der Waals surface area contributed by atoms with Crippen LogP contribution in [0.3, 0.4) is 0 Å². The molecular formula is C15H20N2O4. The number of non-ortho nitro benzene ring substituents is 1. The van der Waals surface area contributed by atoms with E-state index in [1.54, 1.807) is 12.1 Å². The standard InChI is InChI=1S/C15H20N2O4/c1-2-21-15(18)13-7-9-16(10-8-13)11-12-3-5-14(6-4-12)17(19)20/h3-6,13H,2,7-11H2,1H3. The Bertz CT molecular complexity index is 493. The van der Waals surface area contributed by atoms with E-state index in [2.05, 4.69) is 4.90 Å². The Hall–Kier alpha value is -1.95. The fourth-order valence-electron chi connectivity index (χ4n) is 2.57. The molecule has 1 heterocycles. The molecule has 0 N–H and O–H groups in total. The van der Waals surface area contributed by atoms with Gasteiger partial charge in [-0.3, -0.25) is 19.8 Å². The third kappa shape index (κ3) is 4.26. The highest BCUT2D eigenvalue weighted by molar-refractivity contribution is 5.72. The first kappa shape index (κ1) is 15.4. The summed E-state index contributed by atoms with van der Waals surface area (Å²) in [5.41, 5.74) is 1.16. The minimum Gasteiger partial charge on any atom is -0.466 e. The van der Waals surface area contributed by atoms with Gasteiger partial charge in [-0.05, 0) is 38.4 Å².